The van der Waals surface area contributed by atoms with E-state index in [2.05, 4.69) is 5.32 Å². The molecule has 2 aromatic rings. The Kier molecular flexibility index (Phi) is 6.53. The number of amides is 1. The van der Waals surface area contributed by atoms with Crippen molar-refractivity contribution in [3.05, 3.63) is 39.5 Å². The van der Waals surface area contributed by atoms with Crippen molar-refractivity contribution < 1.29 is 17.9 Å². The van der Waals surface area contributed by atoms with Gasteiger partial charge in [-0.15, -0.1) is 23.1 Å². The third-order valence-corrected chi connectivity index (χ3v) is 6.19. The predicted octanol–water partition coefficient (Wildman–Crippen LogP) is 2.93. The van der Waals surface area contributed by atoms with Gasteiger partial charge in [-0.1, -0.05) is 11.6 Å². The van der Waals surface area contributed by atoms with Crippen LogP contribution in [0.2, 0.25) is 4.34 Å². The number of ether oxygens (including phenoxy) is 1. The Hall–Kier alpha value is -1.26. The monoisotopic (exact) mass is 406 g/mol. The van der Waals surface area contributed by atoms with Gasteiger partial charge in [-0.2, -0.15) is 0 Å². The highest BCUT2D eigenvalue weighted by molar-refractivity contribution is 7.99. The van der Waals surface area contributed by atoms with Crippen molar-refractivity contribution in [3.8, 4) is 5.75 Å². The lowest BCUT2D eigenvalue weighted by atomic mass is 10.3. The number of nitrogens with two attached hydrogens (primary N) is 1. The number of nitrogens with one attached hydrogen (secondary N) is 1. The molecule has 0 fully saturated rings. The summed E-state index contributed by atoms with van der Waals surface area (Å²) in [5.41, 5.74) is 0.338. The number of primary sulfonamides is 1. The average Bonchev–Trinajstić information content (AvgIpc) is 2.92. The van der Waals surface area contributed by atoms with Crippen molar-refractivity contribution in [1.29, 1.82) is 0 Å². The van der Waals surface area contributed by atoms with Crippen molar-refractivity contribution in [2.24, 2.45) is 5.14 Å². The maximum atomic E-state index is 12.0. The van der Waals surface area contributed by atoms with E-state index in [9.17, 15) is 13.2 Å². The van der Waals surface area contributed by atoms with Gasteiger partial charge in [0.15, 0.2) is 0 Å². The van der Waals surface area contributed by atoms with E-state index in [1.807, 2.05) is 12.1 Å². The van der Waals surface area contributed by atoms with E-state index >= 15 is 0 Å². The van der Waals surface area contributed by atoms with E-state index in [4.69, 9.17) is 21.5 Å². The van der Waals surface area contributed by atoms with Gasteiger partial charge in [0.05, 0.1) is 17.2 Å². The Labute approximate surface area is 153 Å². The van der Waals surface area contributed by atoms with Crippen LogP contribution in [0, 0.1) is 0 Å². The third-order valence-electron chi connectivity index (χ3n) is 2.86. The lowest BCUT2D eigenvalue weighted by Gasteiger charge is -2.10. The summed E-state index contributed by atoms with van der Waals surface area (Å²) in [4.78, 5) is 12.9. The third kappa shape index (κ3) is 5.38. The van der Waals surface area contributed by atoms with Crippen LogP contribution < -0.4 is 15.2 Å². The van der Waals surface area contributed by atoms with E-state index in [0.29, 0.717) is 15.8 Å². The fourth-order valence-corrected chi connectivity index (χ4v) is 4.60. The lowest BCUT2D eigenvalue weighted by molar-refractivity contribution is -0.113. The number of rotatable bonds is 7. The number of thioether (sulfide) groups is 1. The first-order chi connectivity index (χ1) is 11.3. The van der Waals surface area contributed by atoms with Gasteiger partial charge in [0.1, 0.15) is 10.6 Å². The van der Waals surface area contributed by atoms with Gasteiger partial charge in [-0.3, -0.25) is 4.79 Å². The summed E-state index contributed by atoms with van der Waals surface area (Å²) in [6, 6.07) is 8.00. The number of halogens is 1. The topological polar surface area (TPSA) is 98.5 Å². The van der Waals surface area contributed by atoms with Gasteiger partial charge >= 0.3 is 0 Å². The molecule has 0 saturated heterocycles. The Balaban J connectivity index is 1.96. The minimum absolute atomic E-state index is 0.124. The number of carbonyl (C=O) groups is 1. The zero-order chi connectivity index (χ0) is 17.7. The van der Waals surface area contributed by atoms with E-state index in [0.717, 1.165) is 4.88 Å². The van der Waals surface area contributed by atoms with Gasteiger partial charge in [-0.05, 0) is 30.3 Å². The molecule has 1 aromatic heterocycles. The van der Waals surface area contributed by atoms with Crippen LogP contribution in [-0.4, -0.2) is 27.2 Å². The molecular formula is C14H15ClN2O4S3. The molecule has 130 valence electrons. The zero-order valence-electron chi connectivity index (χ0n) is 12.6. The summed E-state index contributed by atoms with van der Waals surface area (Å²) in [6.07, 6.45) is 0. The van der Waals surface area contributed by atoms with Gasteiger partial charge < -0.3 is 10.1 Å². The number of hydrogen-bond donors (Lipinski definition) is 2. The Morgan fingerprint density at radius 1 is 1.38 bits per heavy atom. The zero-order valence-corrected chi connectivity index (χ0v) is 15.8. The van der Waals surface area contributed by atoms with Crippen molar-refractivity contribution in [3.63, 3.8) is 0 Å². The van der Waals surface area contributed by atoms with E-state index in [1.165, 1.54) is 42.3 Å². The summed E-state index contributed by atoms with van der Waals surface area (Å²) >= 11 is 8.75. The number of sulfonamides is 1. The molecule has 3 N–H and O–H groups in total. The molecule has 0 aliphatic heterocycles. The minimum atomic E-state index is -3.95. The second kappa shape index (κ2) is 8.21. The molecule has 0 aliphatic carbocycles. The fraction of sp³-hybridized carbons (Fsp3) is 0.214. The molecule has 0 aliphatic rings. The second-order valence-corrected chi connectivity index (χ2v) is 8.97. The summed E-state index contributed by atoms with van der Waals surface area (Å²) in [5, 5.41) is 7.78. The van der Waals surface area contributed by atoms with E-state index < -0.39 is 10.0 Å². The number of carbonyl (C=O) groups excluding carboxylic acids is 1. The SMILES string of the molecule is COc1ccc(NC(=O)CSCc2ccc(Cl)s2)cc1S(N)(=O)=O. The highest BCUT2D eigenvalue weighted by atomic mass is 35.5. The molecule has 0 spiro atoms. The van der Waals surface area contributed by atoms with Crippen LogP contribution in [0.1, 0.15) is 4.88 Å². The number of benzene rings is 1. The number of thiophene rings is 1. The Morgan fingerprint density at radius 3 is 2.71 bits per heavy atom. The first-order valence-corrected chi connectivity index (χ1v) is 10.5. The molecule has 1 aromatic carbocycles. The van der Waals surface area contributed by atoms with Gasteiger partial charge in [0.2, 0.25) is 15.9 Å². The Morgan fingerprint density at radius 2 is 2.12 bits per heavy atom. The second-order valence-electron chi connectivity index (χ2n) is 4.66. The Bertz CT molecular complexity index is 836. The minimum Gasteiger partial charge on any atom is -0.495 e. The van der Waals surface area contributed by atoms with Crippen LogP contribution in [0.3, 0.4) is 0 Å². The molecule has 1 amide bonds. The molecule has 2 rings (SSSR count). The highest BCUT2D eigenvalue weighted by Crippen LogP contribution is 2.27. The van der Waals surface area contributed by atoms with Crippen molar-refractivity contribution in [2.45, 2.75) is 10.6 Å². The van der Waals surface area contributed by atoms with Gasteiger partial charge in [0.25, 0.3) is 0 Å². The molecular weight excluding hydrogens is 392 g/mol. The van der Waals surface area contributed by atoms with Crippen LogP contribution >= 0.6 is 34.7 Å². The highest BCUT2D eigenvalue weighted by Gasteiger charge is 2.16. The van der Waals surface area contributed by atoms with Crippen LogP contribution in [-0.2, 0) is 20.6 Å². The fourth-order valence-electron chi connectivity index (χ4n) is 1.85. The lowest BCUT2D eigenvalue weighted by Crippen LogP contribution is -2.17. The van der Waals surface area contributed by atoms with Crippen LogP contribution in [0.5, 0.6) is 5.75 Å². The number of anilines is 1. The van der Waals surface area contributed by atoms with Gasteiger partial charge in [0, 0.05) is 16.3 Å². The van der Waals surface area contributed by atoms with Crippen molar-refractivity contribution >= 4 is 56.3 Å². The van der Waals surface area contributed by atoms with E-state index in [-0.39, 0.29) is 22.3 Å². The molecule has 0 saturated carbocycles. The summed E-state index contributed by atoms with van der Waals surface area (Å²) in [5.74, 6) is 0.787. The van der Waals surface area contributed by atoms with Crippen molar-refractivity contribution in [2.75, 3.05) is 18.2 Å². The van der Waals surface area contributed by atoms with Crippen molar-refractivity contribution in [1.82, 2.24) is 0 Å². The summed E-state index contributed by atoms with van der Waals surface area (Å²) < 4.78 is 28.8. The molecule has 0 bridgehead atoms. The normalized spacial score (nSPS) is 11.3. The standard InChI is InChI=1S/C14H15ClN2O4S3/c1-21-11-4-2-9(6-12(11)24(16,19)20)17-14(18)8-22-7-10-3-5-13(15)23-10/h2-6H,7-8H2,1H3,(H,17,18)(H2,16,19,20). The van der Waals surface area contributed by atoms with Gasteiger partial charge in [-0.25, -0.2) is 13.6 Å². The smallest absolute Gasteiger partial charge is 0.241 e. The van der Waals surface area contributed by atoms with E-state index in [1.54, 1.807) is 6.07 Å². The molecule has 6 nitrogen and oxygen atoms in total. The molecule has 0 unspecified atom stereocenters. The quantitative estimate of drug-likeness (QED) is 0.736. The maximum absolute atomic E-state index is 12.0. The predicted molar refractivity (Wildman–Crippen MR) is 98.5 cm³/mol. The number of methoxy groups -OCH3 is 1. The summed E-state index contributed by atoms with van der Waals surface area (Å²) in [6.45, 7) is 0. The molecule has 1 heterocycles. The summed E-state index contributed by atoms with van der Waals surface area (Å²) in [7, 11) is -2.60. The largest absolute Gasteiger partial charge is 0.495 e. The number of hydrogen-bond acceptors (Lipinski definition) is 6. The molecule has 0 atom stereocenters. The first kappa shape index (κ1) is 19.1. The molecule has 24 heavy (non-hydrogen) atoms. The van der Waals surface area contributed by atoms with Crippen LogP contribution in [0.4, 0.5) is 5.69 Å². The van der Waals surface area contributed by atoms with Crippen LogP contribution in [0.25, 0.3) is 0 Å². The average molecular weight is 407 g/mol. The maximum Gasteiger partial charge on any atom is 0.241 e. The van der Waals surface area contributed by atoms with Crippen LogP contribution in [0.15, 0.2) is 35.2 Å². The molecule has 0 radical (unpaired) electrons. The first-order valence-electron chi connectivity index (χ1n) is 6.62. The molecule has 10 heteroatoms.